The predicted molar refractivity (Wildman–Crippen MR) is 115 cm³/mol. The molecule has 0 aliphatic heterocycles. The predicted octanol–water partition coefficient (Wildman–Crippen LogP) is 3.40. The highest BCUT2D eigenvalue weighted by Crippen LogP contribution is 2.27. The van der Waals surface area contributed by atoms with E-state index in [1.807, 2.05) is 20.8 Å². The number of hydrogen-bond acceptors (Lipinski definition) is 4. The lowest BCUT2D eigenvalue weighted by Crippen LogP contribution is -2.57. The average Bonchev–Trinajstić information content (AvgIpc) is 3.17. The SMILES string of the molecule is CC(C)(C)[C@H](NC(=O)Nc1cccc(Cl)c1)C(=O)N(CC(=O)NO)CC1CCCC1. The molecule has 1 aromatic carbocycles. The van der Waals surface area contributed by atoms with E-state index in [2.05, 4.69) is 10.6 Å². The van der Waals surface area contributed by atoms with Crippen LogP contribution in [0.15, 0.2) is 24.3 Å². The molecule has 1 aromatic rings. The summed E-state index contributed by atoms with van der Waals surface area (Å²) in [5, 5.41) is 14.8. The lowest BCUT2D eigenvalue weighted by molar-refractivity contribution is -0.142. The zero-order valence-corrected chi connectivity index (χ0v) is 18.5. The van der Waals surface area contributed by atoms with Crippen LogP contribution in [0.2, 0.25) is 5.02 Å². The van der Waals surface area contributed by atoms with E-state index in [1.165, 1.54) is 4.90 Å². The van der Waals surface area contributed by atoms with Crippen LogP contribution in [0.4, 0.5) is 10.5 Å². The number of nitrogens with one attached hydrogen (secondary N) is 3. The molecule has 4 N–H and O–H groups in total. The average molecular weight is 439 g/mol. The van der Waals surface area contributed by atoms with Gasteiger partial charge in [-0.3, -0.25) is 14.8 Å². The summed E-state index contributed by atoms with van der Waals surface area (Å²) in [6.07, 6.45) is 4.19. The molecule has 0 saturated heterocycles. The standard InChI is InChI=1S/C21H31ClN4O4/c1-21(2,3)18(24-20(29)23-16-10-6-9-15(22)11-16)19(28)26(13-17(27)25-30)12-14-7-4-5-8-14/h6,9-11,14,18,30H,4-5,7-8,12-13H2,1-3H3,(H,25,27)(H2,23,24,29)/t18-/m1/s1. The molecule has 1 atom stereocenters. The second kappa shape index (κ2) is 10.6. The first-order valence-corrected chi connectivity index (χ1v) is 10.5. The number of halogens is 1. The molecule has 8 nitrogen and oxygen atoms in total. The van der Waals surface area contributed by atoms with E-state index in [-0.39, 0.29) is 12.5 Å². The van der Waals surface area contributed by atoms with E-state index in [0.29, 0.717) is 23.2 Å². The Bertz CT molecular complexity index is 760. The number of carbonyl (C=O) groups is 3. The summed E-state index contributed by atoms with van der Waals surface area (Å²) < 4.78 is 0. The number of carbonyl (C=O) groups excluding carboxylic acids is 3. The number of nitrogens with zero attached hydrogens (tertiary/aromatic N) is 1. The molecular weight excluding hydrogens is 408 g/mol. The van der Waals surface area contributed by atoms with Crippen molar-refractivity contribution >= 4 is 35.1 Å². The van der Waals surface area contributed by atoms with Gasteiger partial charge in [0.05, 0.1) is 0 Å². The van der Waals surface area contributed by atoms with Gasteiger partial charge in [-0.15, -0.1) is 0 Å². The maximum absolute atomic E-state index is 13.4. The van der Waals surface area contributed by atoms with Crippen molar-refractivity contribution in [2.45, 2.75) is 52.5 Å². The smallest absolute Gasteiger partial charge is 0.319 e. The zero-order valence-electron chi connectivity index (χ0n) is 17.7. The van der Waals surface area contributed by atoms with Crippen molar-refractivity contribution in [3.63, 3.8) is 0 Å². The van der Waals surface area contributed by atoms with E-state index in [4.69, 9.17) is 16.8 Å². The van der Waals surface area contributed by atoms with Crippen LogP contribution in [0.1, 0.15) is 46.5 Å². The molecule has 1 fully saturated rings. The van der Waals surface area contributed by atoms with Crippen LogP contribution in [-0.4, -0.2) is 47.1 Å². The van der Waals surface area contributed by atoms with Crippen LogP contribution in [0.5, 0.6) is 0 Å². The molecule has 166 valence electrons. The highest BCUT2D eigenvalue weighted by molar-refractivity contribution is 6.30. The molecule has 0 heterocycles. The highest BCUT2D eigenvalue weighted by atomic mass is 35.5. The van der Waals surface area contributed by atoms with E-state index in [1.54, 1.807) is 29.7 Å². The molecule has 30 heavy (non-hydrogen) atoms. The third-order valence-electron chi connectivity index (χ3n) is 5.20. The van der Waals surface area contributed by atoms with Crippen molar-refractivity contribution in [3.8, 4) is 0 Å². The molecule has 0 radical (unpaired) electrons. The van der Waals surface area contributed by atoms with Crippen molar-refractivity contribution in [1.29, 1.82) is 0 Å². The van der Waals surface area contributed by atoms with E-state index < -0.39 is 23.4 Å². The Morgan fingerprint density at radius 1 is 1.23 bits per heavy atom. The summed E-state index contributed by atoms with van der Waals surface area (Å²) in [6, 6.07) is 5.28. The molecular formula is C21H31ClN4O4. The second-order valence-corrected chi connectivity index (χ2v) is 9.25. The Labute approximate surface area is 182 Å². The summed E-state index contributed by atoms with van der Waals surface area (Å²) in [5.41, 5.74) is 1.48. The topological polar surface area (TPSA) is 111 Å². The molecule has 4 amide bonds. The number of hydroxylamine groups is 1. The summed E-state index contributed by atoms with van der Waals surface area (Å²) >= 11 is 5.95. The molecule has 9 heteroatoms. The van der Waals surface area contributed by atoms with Crippen LogP contribution in [0.25, 0.3) is 0 Å². The first kappa shape index (κ1) is 24.0. The van der Waals surface area contributed by atoms with Gasteiger partial charge in [-0.05, 0) is 42.4 Å². The van der Waals surface area contributed by atoms with E-state index in [0.717, 1.165) is 25.7 Å². The number of amides is 4. The number of urea groups is 1. The monoisotopic (exact) mass is 438 g/mol. The normalized spacial score (nSPS) is 15.4. The molecule has 1 saturated carbocycles. The molecule has 2 rings (SSSR count). The lowest BCUT2D eigenvalue weighted by atomic mass is 9.85. The number of anilines is 1. The second-order valence-electron chi connectivity index (χ2n) is 8.81. The number of rotatable bonds is 7. The first-order chi connectivity index (χ1) is 14.1. The third kappa shape index (κ3) is 7.18. The molecule has 0 bridgehead atoms. The van der Waals surface area contributed by atoms with E-state index >= 15 is 0 Å². The first-order valence-electron chi connectivity index (χ1n) is 10.1. The van der Waals surface area contributed by atoms with Crippen LogP contribution >= 0.6 is 11.6 Å². The van der Waals surface area contributed by atoms with Gasteiger partial charge in [0.1, 0.15) is 12.6 Å². The van der Waals surface area contributed by atoms with Gasteiger partial charge in [-0.1, -0.05) is 51.3 Å². The maximum atomic E-state index is 13.4. The van der Waals surface area contributed by atoms with Gasteiger partial charge in [0.25, 0.3) is 5.91 Å². The van der Waals surface area contributed by atoms with Crippen molar-refractivity contribution in [2.75, 3.05) is 18.4 Å². The maximum Gasteiger partial charge on any atom is 0.319 e. The van der Waals surface area contributed by atoms with Crippen molar-refractivity contribution in [2.24, 2.45) is 11.3 Å². The van der Waals surface area contributed by atoms with Gasteiger partial charge >= 0.3 is 6.03 Å². The number of hydrogen-bond donors (Lipinski definition) is 4. The fraction of sp³-hybridized carbons (Fsp3) is 0.571. The van der Waals surface area contributed by atoms with Crippen LogP contribution in [-0.2, 0) is 9.59 Å². The van der Waals surface area contributed by atoms with Crippen LogP contribution in [0.3, 0.4) is 0 Å². The van der Waals surface area contributed by atoms with Gasteiger partial charge < -0.3 is 15.5 Å². The molecule has 0 spiro atoms. The molecule has 1 aliphatic rings. The largest absolute Gasteiger partial charge is 0.331 e. The fourth-order valence-electron chi connectivity index (χ4n) is 3.64. The third-order valence-corrected chi connectivity index (χ3v) is 5.43. The van der Waals surface area contributed by atoms with Gasteiger partial charge in [-0.2, -0.15) is 0 Å². The van der Waals surface area contributed by atoms with Gasteiger partial charge in [0, 0.05) is 17.3 Å². The van der Waals surface area contributed by atoms with Gasteiger partial charge in [0.2, 0.25) is 5.91 Å². The Hall–Kier alpha value is -2.32. The molecule has 0 unspecified atom stereocenters. The Balaban J connectivity index is 2.15. The van der Waals surface area contributed by atoms with Crippen molar-refractivity contribution < 1.29 is 19.6 Å². The number of benzene rings is 1. The minimum atomic E-state index is -0.871. The van der Waals surface area contributed by atoms with Gasteiger partial charge in [0.15, 0.2) is 0 Å². The lowest BCUT2D eigenvalue weighted by Gasteiger charge is -2.35. The van der Waals surface area contributed by atoms with Crippen molar-refractivity contribution in [1.82, 2.24) is 15.7 Å². The highest BCUT2D eigenvalue weighted by Gasteiger charge is 2.37. The summed E-state index contributed by atoms with van der Waals surface area (Å²) in [7, 11) is 0. The Morgan fingerprint density at radius 3 is 2.47 bits per heavy atom. The van der Waals surface area contributed by atoms with Gasteiger partial charge in [-0.25, -0.2) is 10.3 Å². The summed E-state index contributed by atoms with van der Waals surface area (Å²) in [6.45, 7) is 5.67. The zero-order chi connectivity index (χ0) is 22.3. The van der Waals surface area contributed by atoms with E-state index in [9.17, 15) is 14.4 Å². The minimum Gasteiger partial charge on any atom is -0.331 e. The minimum absolute atomic E-state index is 0.268. The summed E-state index contributed by atoms with van der Waals surface area (Å²) in [4.78, 5) is 39.2. The molecule has 0 aromatic heterocycles. The van der Waals surface area contributed by atoms with Crippen LogP contribution < -0.4 is 16.1 Å². The fourth-order valence-corrected chi connectivity index (χ4v) is 3.83. The summed E-state index contributed by atoms with van der Waals surface area (Å²) in [5.74, 6) is -0.724. The Kier molecular flexibility index (Phi) is 8.49. The quantitative estimate of drug-likeness (QED) is 0.386. The van der Waals surface area contributed by atoms with Crippen molar-refractivity contribution in [3.05, 3.63) is 29.3 Å². The van der Waals surface area contributed by atoms with Crippen LogP contribution in [0, 0.1) is 11.3 Å². The molecule has 1 aliphatic carbocycles. The Morgan fingerprint density at radius 2 is 1.90 bits per heavy atom.